The molecule has 3 atom stereocenters. The van der Waals surface area contributed by atoms with Crippen LogP contribution in [0.4, 0.5) is 0 Å². The molecule has 2 rings (SSSR count). The lowest BCUT2D eigenvalue weighted by atomic mass is 9.73. The van der Waals surface area contributed by atoms with E-state index in [0.717, 1.165) is 37.7 Å². The molecule has 8 nitrogen and oxygen atoms in total. The molecule has 154 valence electrons. The van der Waals surface area contributed by atoms with Crippen LogP contribution in [0.1, 0.15) is 57.8 Å². The highest BCUT2D eigenvalue weighted by atomic mass is 16.4. The number of hydrogen-bond donors (Lipinski definition) is 4. The summed E-state index contributed by atoms with van der Waals surface area (Å²) in [6.07, 6.45) is 6.62. The van der Waals surface area contributed by atoms with Gasteiger partial charge in [-0.15, -0.1) is 0 Å². The van der Waals surface area contributed by atoms with Crippen LogP contribution in [0.5, 0.6) is 0 Å². The number of rotatable bonds is 5. The number of carboxylic acids is 4. The minimum absolute atomic E-state index is 0.0396. The van der Waals surface area contributed by atoms with E-state index >= 15 is 0 Å². The Bertz CT molecular complexity index is 718. The molecule has 0 saturated carbocycles. The SMILES string of the molecule is O=C(O)/C1=C(\C2=C\CCCCCC2)CCC(C(=O)O)C(C(=O)O)CC1C(=O)O. The van der Waals surface area contributed by atoms with Crippen LogP contribution in [0.15, 0.2) is 22.8 Å². The Hall–Kier alpha value is -2.64. The van der Waals surface area contributed by atoms with Crippen molar-refractivity contribution in [3.63, 3.8) is 0 Å². The highest BCUT2D eigenvalue weighted by Gasteiger charge is 2.42. The third kappa shape index (κ3) is 4.99. The molecule has 4 N–H and O–H groups in total. The van der Waals surface area contributed by atoms with Crippen LogP contribution in [0, 0.1) is 17.8 Å². The molecule has 0 heterocycles. The number of aliphatic carboxylic acids is 4. The van der Waals surface area contributed by atoms with E-state index in [1.165, 1.54) is 0 Å². The molecule has 0 amide bonds. The first-order valence-corrected chi connectivity index (χ1v) is 9.58. The first-order valence-electron chi connectivity index (χ1n) is 9.58. The summed E-state index contributed by atoms with van der Waals surface area (Å²) in [6.45, 7) is 0. The molecule has 0 spiro atoms. The molecular formula is C20H26O8. The van der Waals surface area contributed by atoms with Crippen LogP contribution >= 0.6 is 0 Å². The zero-order valence-corrected chi connectivity index (χ0v) is 15.6. The van der Waals surface area contributed by atoms with Crippen molar-refractivity contribution < 1.29 is 39.6 Å². The topological polar surface area (TPSA) is 149 Å². The third-order valence-electron chi connectivity index (χ3n) is 5.70. The minimum Gasteiger partial charge on any atom is -0.481 e. The zero-order valence-electron chi connectivity index (χ0n) is 15.6. The average Bonchev–Trinajstić information content (AvgIpc) is 2.54. The van der Waals surface area contributed by atoms with Gasteiger partial charge in [-0.25, -0.2) is 4.79 Å². The molecule has 0 fully saturated rings. The van der Waals surface area contributed by atoms with Gasteiger partial charge in [0.05, 0.1) is 23.3 Å². The van der Waals surface area contributed by atoms with Crippen LogP contribution in [-0.4, -0.2) is 44.3 Å². The van der Waals surface area contributed by atoms with Crippen LogP contribution in [0.25, 0.3) is 0 Å². The van der Waals surface area contributed by atoms with Crippen molar-refractivity contribution in [2.75, 3.05) is 0 Å². The fourth-order valence-corrected chi connectivity index (χ4v) is 4.25. The van der Waals surface area contributed by atoms with Gasteiger partial charge in [0.1, 0.15) is 0 Å². The molecule has 0 saturated heterocycles. The maximum absolute atomic E-state index is 12.0. The largest absolute Gasteiger partial charge is 0.481 e. The van der Waals surface area contributed by atoms with Crippen molar-refractivity contribution in [3.05, 3.63) is 22.8 Å². The summed E-state index contributed by atoms with van der Waals surface area (Å²) in [5, 5.41) is 38.4. The second-order valence-corrected chi connectivity index (χ2v) is 7.43. The minimum atomic E-state index is -1.57. The van der Waals surface area contributed by atoms with Gasteiger partial charge in [-0.2, -0.15) is 0 Å². The number of allylic oxidation sites excluding steroid dienone is 3. The second kappa shape index (κ2) is 9.52. The summed E-state index contributed by atoms with van der Waals surface area (Å²) in [6, 6.07) is 0. The molecule has 8 heteroatoms. The maximum atomic E-state index is 12.0. The van der Waals surface area contributed by atoms with E-state index in [2.05, 4.69) is 0 Å². The first-order chi connectivity index (χ1) is 13.2. The van der Waals surface area contributed by atoms with E-state index in [-0.39, 0.29) is 18.4 Å². The predicted octanol–water partition coefficient (Wildman–Crippen LogP) is 2.93. The monoisotopic (exact) mass is 394 g/mol. The van der Waals surface area contributed by atoms with Gasteiger partial charge in [0.25, 0.3) is 0 Å². The molecule has 2 aliphatic rings. The van der Waals surface area contributed by atoms with Crippen molar-refractivity contribution in [3.8, 4) is 0 Å². The van der Waals surface area contributed by atoms with E-state index in [1.807, 2.05) is 6.08 Å². The van der Waals surface area contributed by atoms with Crippen LogP contribution < -0.4 is 0 Å². The number of carbonyl (C=O) groups is 4. The standard InChI is InChI=1S/C20H26O8/c21-17(22)13-9-8-12(11-6-4-2-1-3-5-7-11)16(20(27)28)15(19(25)26)10-14(13)18(23)24/h6,13-15H,1-5,7-10H2,(H,21,22)(H,23,24)(H,25,26)(H,27,28)/b11-6+,16-12-. The van der Waals surface area contributed by atoms with E-state index in [4.69, 9.17) is 0 Å². The summed E-state index contributed by atoms with van der Waals surface area (Å²) >= 11 is 0. The van der Waals surface area contributed by atoms with E-state index in [0.29, 0.717) is 12.0 Å². The summed E-state index contributed by atoms with van der Waals surface area (Å²) < 4.78 is 0. The van der Waals surface area contributed by atoms with Crippen molar-refractivity contribution >= 4 is 23.9 Å². The van der Waals surface area contributed by atoms with Gasteiger partial charge in [-0.1, -0.05) is 18.9 Å². The Morgan fingerprint density at radius 3 is 2.00 bits per heavy atom. The Morgan fingerprint density at radius 2 is 1.43 bits per heavy atom. The molecular weight excluding hydrogens is 368 g/mol. The number of hydrogen-bond acceptors (Lipinski definition) is 4. The predicted molar refractivity (Wildman–Crippen MR) is 97.7 cm³/mol. The zero-order chi connectivity index (χ0) is 20.8. The lowest BCUT2D eigenvalue weighted by molar-refractivity contribution is -0.156. The van der Waals surface area contributed by atoms with Crippen molar-refractivity contribution in [2.45, 2.75) is 57.8 Å². The molecule has 0 aromatic heterocycles. The Labute approximate surface area is 162 Å². The Morgan fingerprint density at radius 1 is 0.786 bits per heavy atom. The van der Waals surface area contributed by atoms with Crippen LogP contribution in [0.3, 0.4) is 0 Å². The summed E-state index contributed by atoms with van der Waals surface area (Å²) in [7, 11) is 0. The second-order valence-electron chi connectivity index (χ2n) is 7.43. The molecule has 0 aromatic carbocycles. The van der Waals surface area contributed by atoms with Crippen LogP contribution in [0.2, 0.25) is 0 Å². The normalized spacial score (nSPS) is 31.3. The maximum Gasteiger partial charge on any atom is 0.332 e. The molecule has 0 bridgehead atoms. The Balaban J connectivity index is 2.61. The fraction of sp³-hybridized carbons (Fsp3) is 0.600. The highest BCUT2D eigenvalue weighted by Crippen LogP contribution is 2.39. The third-order valence-corrected chi connectivity index (χ3v) is 5.70. The van der Waals surface area contributed by atoms with Gasteiger partial charge >= 0.3 is 23.9 Å². The van der Waals surface area contributed by atoms with Crippen molar-refractivity contribution in [1.82, 2.24) is 0 Å². The van der Waals surface area contributed by atoms with Crippen molar-refractivity contribution in [2.24, 2.45) is 17.8 Å². The van der Waals surface area contributed by atoms with E-state index < -0.39 is 48.1 Å². The highest BCUT2D eigenvalue weighted by molar-refractivity contribution is 5.96. The first kappa shape index (κ1) is 21.7. The smallest absolute Gasteiger partial charge is 0.332 e. The number of carboxylic acid groups (broad SMARTS) is 4. The lowest BCUT2D eigenvalue weighted by Crippen LogP contribution is -2.37. The lowest BCUT2D eigenvalue weighted by Gasteiger charge is -2.29. The summed E-state index contributed by atoms with van der Waals surface area (Å²) in [4.78, 5) is 47.2. The Kier molecular flexibility index (Phi) is 7.37. The molecule has 0 aliphatic heterocycles. The molecule has 0 radical (unpaired) electrons. The molecule has 2 aliphatic carbocycles. The summed E-state index contributed by atoms with van der Waals surface area (Å²) in [5.74, 6) is -9.85. The van der Waals surface area contributed by atoms with Gasteiger partial charge in [-0.05, 0) is 56.1 Å². The summed E-state index contributed by atoms with van der Waals surface area (Å²) in [5.41, 5.74) is 0.840. The van der Waals surface area contributed by atoms with Crippen LogP contribution in [-0.2, 0) is 19.2 Å². The van der Waals surface area contributed by atoms with Gasteiger partial charge in [0.2, 0.25) is 0 Å². The van der Waals surface area contributed by atoms with Gasteiger partial charge < -0.3 is 20.4 Å². The molecule has 28 heavy (non-hydrogen) atoms. The van der Waals surface area contributed by atoms with E-state index in [9.17, 15) is 39.6 Å². The van der Waals surface area contributed by atoms with Gasteiger partial charge in [0.15, 0.2) is 0 Å². The quantitative estimate of drug-likeness (QED) is 0.556. The van der Waals surface area contributed by atoms with Gasteiger partial charge in [-0.3, -0.25) is 14.4 Å². The fourth-order valence-electron chi connectivity index (χ4n) is 4.25. The average molecular weight is 394 g/mol. The van der Waals surface area contributed by atoms with Gasteiger partial charge in [0, 0.05) is 0 Å². The molecule has 3 unspecified atom stereocenters. The molecule has 0 aromatic rings. The van der Waals surface area contributed by atoms with Crippen molar-refractivity contribution in [1.29, 1.82) is 0 Å². The van der Waals surface area contributed by atoms with E-state index in [1.54, 1.807) is 0 Å².